The van der Waals surface area contributed by atoms with Gasteiger partial charge in [-0.2, -0.15) is 0 Å². The lowest BCUT2D eigenvalue weighted by Crippen LogP contribution is -2.53. The standard InChI is InChI=1S/C26H31N5O4S/c1-31(2)24(30-36(3,34)35)18-9-11-19(12-10-18)25(32)28-21-6-4-5-7-22(21)29-26(33)20-13-8-17-14-15-27-23(17)16-20/h8-16,21-22,27H,4-7H2,1-3H3,(H,28,32)(H,29,33). The molecule has 2 atom stereocenters. The van der Waals surface area contributed by atoms with Crippen molar-refractivity contribution in [3.05, 3.63) is 71.4 Å². The summed E-state index contributed by atoms with van der Waals surface area (Å²) in [4.78, 5) is 30.7. The van der Waals surface area contributed by atoms with Gasteiger partial charge in [-0.3, -0.25) is 9.59 Å². The summed E-state index contributed by atoms with van der Waals surface area (Å²) in [6.45, 7) is 0. The highest BCUT2D eigenvalue weighted by atomic mass is 32.2. The van der Waals surface area contributed by atoms with Gasteiger partial charge in [0, 0.05) is 54.6 Å². The Labute approximate surface area is 211 Å². The second-order valence-corrected chi connectivity index (χ2v) is 11.0. The molecule has 2 unspecified atom stereocenters. The van der Waals surface area contributed by atoms with Crippen LogP contribution >= 0.6 is 0 Å². The molecule has 0 radical (unpaired) electrons. The molecule has 190 valence electrons. The Kier molecular flexibility index (Phi) is 7.44. The number of benzene rings is 2. The van der Waals surface area contributed by atoms with Crippen LogP contribution < -0.4 is 10.6 Å². The molecule has 0 aliphatic heterocycles. The molecule has 10 heteroatoms. The van der Waals surface area contributed by atoms with Gasteiger partial charge in [0.2, 0.25) is 0 Å². The van der Waals surface area contributed by atoms with Crippen LogP contribution in [0.25, 0.3) is 10.9 Å². The van der Waals surface area contributed by atoms with Crippen LogP contribution in [0, 0.1) is 0 Å². The Morgan fingerprint density at radius 3 is 2.03 bits per heavy atom. The zero-order valence-corrected chi connectivity index (χ0v) is 21.4. The van der Waals surface area contributed by atoms with Crippen molar-refractivity contribution in [1.82, 2.24) is 20.5 Å². The molecule has 0 spiro atoms. The van der Waals surface area contributed by atoms with Gasteiger partial charge in [-0.05, 0) is 48.6 Å². The number of amides is 2. The van der Waals surface area contributed by atoms with Crippen LogP contribution in [0.1, 0.15) is 52.0 Å². The first kappa shape index (κ1) is 25.4. The number of carbonyl (C=O) groups excluding carboxylic acids is 2. The van der Waals surface area contributed by atoms with Crippen LogP contribution in [0.2, 0.25) is 0 Å². The smallest absolute Gasteiger partial charge is 0.252 e. The molecule has 2 aromatic carbocycles. The van der Waals surface area contributed by atoms with Gasteiger partial charge in [-0.25, -0.2) is 8.42 Å². The number of hydrogen-bond acceptors (Lipinski definition) is 4. The van der Waals surface area contributed by atoms with Gasteiger partial charge in [-0.1, -0.05) is 31.0 Å². The number of fused-ring (bicyclic) bond motifs is 1. The fourth-order valence-corrected chi connectivity index (χ4v) is 5.07. The normalized spacial score (nSPS) is 18.6. The number of nitrogens with one attached hydrogen (secondary N) is 3. The van der Waals surface area contributed by atoms with Crippen molar-refractivity contribution in [3.8, 4) is 0 Å². The second-order valence-electron chi connectivity index (χ2n) is 9.34. The van der Waals surface area contributed by atoms with E-state index in [9.17, 15) is 18.0 Å². The molecule has 1 fully saturated rings. The van der Waals surface area contributed by atoms with Crippen LogP contribution in [0.3, 0.4) is 0 Å². The Bertz CT molecular complexity index is 1390. The Balaban J connectivity index is 1.44. The second kappa shape index (κ2) is 10.5. The summed E-state index contributed by atoms with van der Waals surface area (Å²) in [7, 11) is -0.162. The lowest BCUT2D eigenvalue weighted by Gasteiger charge is -2.33. The van der Waals surface area contributed by atoms with E-state index >= 15 is 0 Å². The average Bonchev–Trinajstić information content (AvgIpc) is 3.31. The molecule has 0 bridgehead atoms. The maximum atomic E-state index is 13.0. The predicted octanol–water partition coefficient (Wildman–Crippen LogP) is 2.91. The zero-order valence-electron chi connectivity index (χ0n) is 20.6. The molecule has 0 saturated heterocycles. The highest BCUT2D eigenvalue weighted by Gasteiger charge is 2.28. The molecule has 4 rings (SSSR count). The first-order valence-electron chi connectivity index (χ1n) is 11.9. The summed E-state index contributed by atoms with van der Waals surface area (Å²) in [5.74, 6) is -0.118. The number of sulfonamides is 1. The lowest BCUT2D eigenvalue weighted by atomic mass is 9.89. The summed E-state index contributed by atoms with van der Waals surface area (Å²) in [6.07, 6.45) is 6.39. The predicted molar refractivity (Wildman–Crippen MR) is 141 cm³/mol. The minimum absolute atomic E-state index is 0.164. The monoisotopic (exact) mass is 509 g/mol. The number of hydrogen-bond donors (Lipinski definition) is 3. The third-order valence-corrected chi connectivity index (χ3v) is 6.80. The Morgan fingerprint density at radius 2 is 1.44 bits per heavy atom. The van der Waals surface area contributed by atoms with E-state index in [1.54, 1.807) is 49.3 Å². The minimum Gasteiger partial charge on any atom is -0.362 e. The minimum atomic E-state index is -3.58. The van der Waals surface area contributed by atoms with E-state index in [1.165, 1.54) is 0 Å². The van der Waals surface area contributed by atoms with E-state index in [1.807, 2.05) is 24.4 Å². The van der Waals surface area contributed by atoms with Crippen molar-refractivity contribution in [2.24, 2.45) is 4.40 Å². The molecule has 36 heavy (non-hydrogen) atoms. The third kappa shape index (κ3) is 6.12. The summed E-state index contributed by atoms with van der Waals surface area (Å²) in [6, 6.07) is 13.8. The maximum Gasteiger partial charge on any atom is 0.252 e. The van der Waals surface area contributed by atoms with Crippen LogP contribution in [-0.2, 0) is 10.0 Å². The summed E-state index contributed by atoms with van der Waals surface area (Å²) >= 11 is 0. The van der Waals surface area contributed by atoms with Gasteiger partial charge >= 0.3 is 0 Å². The molecule has 2 amide bonds. The van der Waals surface area contributed by atoms with Gasteiger partial charge in [0.25, 0.3) is 21.8 Å². The van der Waals surface area contributed by atoms with Crippen LogP contribution in [0.4, 0.5) is 0 Å². The number of H-pyrrole nitrogens is 1. The number of aromatic nitrogens is 1. The summed E-state index contributed by atoms with van der Waals surface area (Å²) in [5, 5.41) is 7.23. The number of amidine groups is 1. The molecule has 9 nitrogen and oxygen atoms in total. The Morgan fingerprint density at radius 1 is 0.889 bits per heavy atom. The number of carbonyl (C=O) groups is 2. The highest BCUT2D eigenvalue weighted by Crippen LogP contribution is 2.21. The largest absolute Gasteiger partial charge is 0.362 e. The van der Waals surface area contributed by atoms with Gasteiger partial charge < -0.3 is 20.5 Å². The number of nitrogens with zero attached hydrogens (tertiary/aromatic N) is 2. The molecule has 3 N–H and O–H groups in total. The van der Waals surface area contributed by atoms with E-state index in [0.29, 0.717) is 16.7 Å². The fraction of sp³-hybridized carbons (Fsp3) is 0.346. The first-order valence-corrected chi connectivity index (χ1v) is 13.7. The van der Waals surface area contributed by atoms with Crippen LogP contribution in [0.5, 0.6) is 0 Å². The molecule has 1 aromatic heterocycles. The van der Waals surface area contributed by atoms with E-state index < -0.39 is 10.0 Å². The van der Waals surface area contributed by atoms with Crippen molar-refractivity contribution in [2.45, 2.75) is 37.8 Å². The molecule has 1 aliphatic carbocycles. The molecular formula is C26H31N5O4S. The summed E-state index contributed by atoms with van der Waals surface area (Å²) < 4.78 is 27.1. The topological polar surface area (TPSA) is 124 Å². The third-order valence-electron chi connectivity index (χ3n) is 6.30. The molecule has 1 heterocycles. The number of rotatable bonds is 6. The van der Waals surface area contributed by atoms with Gasteiger partial charge in [-0.15, -0.1) is 4.40 Å². The molecule has 1 saturated carbocycles. The molecular weight excluding hydrogens is 478 g/mol. The zero-order chi connectivity index (χ0) is 25.9. The van der Waals surface area contributed by atoms with Crippen molar-refractivity contribution in [2.75, 3.05) is 20.4 Å². The lowest BCUT2D eigenvalue weighted by molar-refractivity contribution is 0.0863. The van der Waals surface area contributed by atoms with E-state index in [0.717, 1.165) is 42.8 Å². The van der Waals surface area contributed by atoms with Crippen molar-refractivity contribution >= 4 is 38.6 Å². The van der Waals surface area contributed by atoms with Gasteiger partial charge in [0.15, 0.2) is 0 Å². The summed E-state index contributed by atoms with van der Waals surface area (Å²) in [5.41, 5.74) is 2.51. The number of aromatic amines is 1. The Hall–Kier alpha value is -3.66. The van der Waals surface area contributed by atoms with Gasteiger partial charge in [0.1, 0.15) is 5.84 Å². The maximum absolute atomic E-state index is 13.0. The SMILES string of the molecule is CN(C)C(=NS(C)(=O)=O)c1ccc(C(=O)NC2CCCCC2NC(=O)c2ccc3cc[nH]c3c2)cc1. The van der Waals surface area contributed by atoms with Crippen molar-refractivity contribution in [1.29, 1.82) is 0 Å². The highest BCUT2D eigenvalue weighted by molar-refractivity contribution is 7.89. The quantitative estimate of drug-likeness (QED) is 0.348. The van der Waals surface area contributed by atoms with E-state index in [-0.39, 0.29) is 29.7 Å². The molecule has 1 aliphatic rings. The van der Waals surface area contributed by atoms with Crippen LogP contribution in [-0.4, -0.2) is 68.4 Å². The van der Waals surface area contributed by atoms with E-state index in [2.05, 4.69) is 20.0 Å². The first-order chi connectivity index (χ1) is 17.1. The van der Waals surface area contributed by atoms with Gasteiger partial charge in [0.05, 0.1) is 6.26 Å². The van der Waals surface area contributed by atoms with E-state index in [4.69, 9.17) is 0 Å². The average molecular weight is 510 g/mol. The van der Waals surface area contributed by atoms with Crippen molar-refractivity contribution in [3.63, 3.8) is 0 Å². The fourth-order valence-electron chi connectivity index (χ4n) is 4.49. The van der Waals surface area contributed by atoms with Crippen molar-refractivity contribution < 1.29 is 18.0 Å². The van der Waals surface area contributed by atoms with Crippen LogP contribution in [0.15, 0.2) is 59.1 Å². The molecule has 3 aromatic rings.